The van der Waals surface area contributed by atoms with Crippen molar-refractivity contribution >= 4 is 29.0 Å². The Kier molecular flexibility index (Phi) is 8.55. The molecular weight excluding hydrogens is 456 g/mol. The lowest BCUT2D eigenvalue weighted by Gasteiger charge is -2.32. The van der Waals surface area contributed by atoms with Crippen LogP contribution in [0.15, 0.2) is 66.0 Å². The number of rotatable bonds is 8. The van der Waals surface area contributed by atoms with Crippen LogP contribution in [0.2, 0.25) is 0 Å². The van der Waals surface area contributed by atoms with E-state index in [1.54, 1.807) is 11.3 Å². The Hall–Kier alpha value is -3.16. The van der Waals surface area contributed by atoms with Gasteiger partial charge in [0.05, 0.1) is 12.6 Å². The number of urea groups is 1. The van der Waals surface area contributed by atoms with Crippen LogP contribution in [-0.4, -0.2) is 43.0 Å². The van der Waals surface area contributed by atoms with E-state index in [0.717, 1.165) is 47.6 Å². The number of carbonyl (C=O) groups excluding carboxylic acids is 2. The van der Waals surface area contributed by atoms with Crippen LogP contribution in [0.25, 0.3) is 0 Å². The van der Waals surface area contributed by atoms with Crippen molar-refractivity contribution in [1.82, 2.24) is 15.5 Å². The van der Waals surface area contributed by atoms with Gasteiger partial charge in [0.1, 0.15) is 0 Å². The van der Waals surface area contributed by atoms with E-state index in [-0.39, 0.29) is 18.0 Å². The van der Waals surface area contributed by atoms with Crippen LogP contribution < -0.4 is 16.0 Å². The minimum atomic E-state index is -0.194. The van der Waals surface area contributed by atoms with E-state index in [4.69, 9.17) is 0 Å². The molecule has 35 heavy (non-hydrogen) atoms. The van der Waals surface area contributed by atoms with Gasteiger partial charge >= 0.3 is 6.03 Å². The van der Waals surface area contributed by atoms with Gasteiger partial charge in [-0.25, -0.2) is 4.79 Å². The Balaban J connectivity index is 1.27. The second kappa shape index (κ2) is 12.0. The average molecular weight is 491 g/mol. The van der Waals surface area contributed by atoms with E-state index in [2.05, 4.69) is 58.1 Å². The quantitative estimate of drug-likeness (QED) is 0.411. The summed E-state index contributed by atoms with van der Waals surface area (Å²) in [6.45, 7) is 6.73. The molecule has 0 spiro atoms. The third kappa shape index (κ3) is 7.41. The lowest BCUT2D eigenvalue weighted by atomic mass is 9.98. The Labute approximate surface area is 211 Å². The molecule has 0 aliphatic carbocycles. The predicted octanol–water partition coefficient (Wildman–Crippen LogP) is 5.10. The first kappa shape index (κ1) is 24.9. The van der Waals surface area contributed by atoms with Gasteiger partial charge in [-0.1, -0.05) is 53.6 Å². The molecule has 184 valence electrons. The van der Waals surface area contributed by atoms with Gasteiger partial charge in [-0.2, -0.15) is 0 Å². The number of nitrogens with one attached hydrogen (secondary N) is 3. The minimum Gasteiger partial charge on any atom is -0.343 e. The van der Waals surface area contributed by atoms with Gasteiger partial charge in [-0.05, 0) is 68.3 Å². The summed E-state index contributed by atoms with van der Waals surface area (Å²) in [6, 6.07) is 19.8. The van der Waals surface area contributed by atoms with Crippen molar-refractivity contribution in [2.75, 3.05) is 31.5 Å². The predicted molar refractivity (Wildman–Crippen MR) is 143 cm³/mol. The Morgan fingerprint density at radius 3 is 2.43 bits per heavy atom. The summed E-state index contributed by atoms with van der Waals surface area (Å²) in [5.41, 5.74) is 4.23. The number of hydrogen-bond donors (Lipinski definition) is 3. The molecule has 0 radical (unpaired) electrons. The fourth-order valence-electron chi connectivity index (χ4n) is 4.45. The highest BCUT2D eigenvalue weighted by molar-refractivity contribution is 7.10. The van der Waals surface area contributed by atoms with Gasteiger partial charge in [0, 0.05) is 23.7 Å². The maximum Gasteiger partial charge on any atom is 0.319 e. The molecule has 3 aromatic rings. The zero-order valence-corrected chi connectivity index (χ0v) is 21.2. The number of nitrogens with zero attached hydrogens (tertiary/aromatic N) is 1. The van der Waals surface area contributed by atoms with Crippen LogP contribution in [0.4, 0.5) is 10.5 Å². The molecule has 1 saturated heterocycles. The SMILES string of the molecule is Cc1ccc(NC(=O)NC[C@H]2CCCN(CC(=O)N[C@@H](c3ccc(C)cc3)c3cccs3)C2)cc1. The molecule has 2 heterocycles. The van der Waals surface area contributed by atoms with E-state index < -0.39 is 0 Å². The standard InChI is InChI=1S/C28H34N4O2S/c1-20-7-11-23(12-8-20)27(25-6-4-16-35-25)31-26(33)19-32-15-3-5-22(18-32)17-29-28(34)30-24-13-9-21(2)10-14-24/h4,6-14,16,22,27H,3,5,15,17-19H2,1-2H3,(H,31,33)(H2,29,30,34)/t22-,27+/m1/s1. The molecule has 3 N–H and O–H groups in total. The van der Waals surface area contributed by atoms with E-state index in [1.807, 2.05) is 42.6 Å². The molecule has 3 amide bonds. The lowest BCUT2D eigenvalue weighted by molar-refractivity contribution is -0.123. The summed E-state index contributed by atoms with van der Waals surface area (Å²) in [4.78, 5) is 28.6. The highest BCUT2D eigenvalue weighted by Crippen LogP contribution is 2.26. The van der Waals surface area contributed by atoms with Crippen LogP contribution >= 0.6 is 11.3 Å². The van der Waals surface area contributed by atoms with E-state index in [1.165, 1.54) is 5.56 Å². The van der Waals surface area contributed by atoms with Crippen molar-refractivity contribution in [1.29, 1.82) is 0 Å². The maximum absolute atomic E-state index is 13.0. The average Bonchev–Trinajstić information content (AvgIpc) is 3.38. The minimum absolute atomic E-state index is 0.0229. The zero-order chi connectivity index (χ0) is 24.6. The highest BCUT2D eigenvalue weighted by atomic mass is 32.1. The van der Waals surface area contributed by atoms with Crippen LogP contribution in [0, 0.1) is 19.8 Å². The number of likely N-dealkylation sites (tertiary alicyclic amines) is 1. The molecule has 1 aliphatic rings. The fraction of sp³-hybridized carbons (Fsp3) is 0.357. The number of anilines is 1. The molecule has 1 fully saturated rings. The number of benzene rings is 2. The van der Waals surface area contributed by atoms with Crippen molar-refractivity contribution in [3.05, 3.63) is 87.6 Å². The van der Waals surface area contributed by atoms with Crippen molar-refractivity contribution in [2.24, 2.45) is 5.92 Å². The summed E-state index contributed by atoms with van der Waals surface area (Å²) in [5.74, 6) is 0.347. The lowest BCUT2D eigenvalue weighted by Crippen LogP contribution is -2.46. The van der Waals surface area contributed by atoms with Crippen molar-refractivity contribution < 1.29 is 9.59 Å². The van der Waals surface area contributed by atoms with Crippen LogP contribution in [0.3, 0.4) is 0 Å². The molecule has 1 aliphatic heterocycles. The molecular formula is C28H34N4O2S. The summed E-state index contributed by atoms with van der Waals surface area (Å²) in [6.07, 6.45) is 2.07. The summed E-state index contributed by atoms with van der Waals surface area (Å²) < 4.78 is 0. The summed E-state index contributed by atoms with van der Waals surface area (Å²) >= 11 is 1.65. The number of thiophene rings is 1. The summed E-state index contributed by atoms with van der Waals surface area (Å²) in [7, 11) is 0. The van der Waals surface area contributed by atoms with Crippen molar-refractivity contribution in [2.45, 2.75) is 32.7 Å². The first-order chi connectivity index (χ1) is 17.0. The number of amides is 3. The Morgan fingerprint density at radius 1 is 1.03 bits per heavy atom. The Bertz CT molecular complexity index is 1100. The fourth-order valence-corrected chi connectivity index (χ4v) is 5.26. The monoisotopic (exact) mass is 490 g/mol. The number of hydrogen-bond acceptors (Lipinski definition) is 4. The van der Waals surface area contributed by atoms with Gasteiger partial charge < -0.3 is 16.0 Å². The molecule has 2 atom stereocenters. The Morgan fingerprint density at radius 2 is 1.74 bits per heavy atom. The highest BCUT2D eigenvalue weighted by Gasteiger charge is 2.24. The molecule has 0 saturated carbocycles. The smallest absolute Gasteiger partial charge is 0.319 e. The maximum atomic E-state index is 13.0. The molecule has 0 unspecified atom stereocenters. The largest absolute Gasteiger partial charge is 0.343 e. The molecule has 6 nitrogen and oxygen atoms in total. The second-order valence-corrected chi connectivity index (χ2v) is 10.4. The molecule has 4 rings (SSSR count). The van der Waals surface area contributed by atoms with Gasteiger partial charge in [0.2, 0.25) is 5.91 Å². The van der Waals surface area contributed by atoms with Gasteiger partial charge in [0.15, 0.2) is 0 Å². The van der Waals surface area contributed by atoms with E-state index in [0.29, 0.717) is 19.0 Å². The van der Waals surface area contributed by atoms with Crippen LogP contribution in [0.5, 0.6) is 0 Å². The first-order valence-electron chi connectivity index (χ1n) is 12.2. The normalized spacial score (nSPS) is 16.9. The second-order valence-electron chi connectivity index (χ2n) is 9.37. The first-order valence-corrected chi connectivity index (χ1v) is 13.1. The number of piperidine rings is 1. The topological polar surface area (TPSA) is 73.5 Å². The van der Waals surface area contributed by atoms with Gasteiger partial charge in [-0.15, -0.1) is 11.3 Å². The zero-order valence-electron chi connectivity index (χ0n) is 20.4. The molecule has 2 aromatic carbocycles. The van der Waals surface area contributed by atoms with Gasteiger partial charge in [-0.3, -0.25) is 9.69 Å². The number of carbonyl (C=O) groups is 2. The van der Waals surface area contributed by atoms with Crippen LogP contribution in [0.1, 0.15) is 40.5 Å². The molecule has 7 heteroatoms. The van der Waals surface area contributed by atoms with Gasteiger partial charge in [0.25, 0.3) is 0 Å². The van der Waals surface area contributed by atoms with Crippen molar-refractivity contribution in [3.63, 3.8) is 0 Å². The van der Waals surface area contributed by atoms with E-state index >= 15 is 0 Å². The van der Waals surface area contributed by atoms with E-state index in [9.17, 15) is 9.59 Å². The van der Waals surface area contributed by atoms with Crippen LogP contribution in [-0.2, 0) is 4.79 Å². The summed E-state index contributed by atoms with van der Waals surface area (Å²) in [5, 5.41) is 11.2. The third-order valence-corrected chi connectivity index (χ3v) is 7.31. The third-order valence-electron chi connectivity index (χ3n) is 6.37. The molecule has 0 bridgehead atoms. The number of aryl methyl sites for hydroxylation is 2. The molecule has 1 aromatic heterocycles. The van der Waals surface area contributed by atoms with Crippen molar-refractivity contribution in [3.8, 4) is 0 Å².